The molecule has 1 atom stereocenters. The fourth-order valence-corrected chi connectivity index (χ4v) is 1.78. The molecule has 0 saturated heterocycles. The van der Waals surface area contributed by atoms with Crippen molar-refractivity contribution in [1.29, 1.82) is 0 Å². The summed E-state index contributed by atoms with van der Waals surface area (Å²) in [6.07, 6.45) is 1.30. The van der Waals surface area contributed by atoms with E-state index in [1.54, 1.807) is 0 Å². The summed E-state index contributed by atoms with van der Waals surface area (Å²) in [7, 11) is 1.24. The molecule has 0 radical (unpaired) electrons. The predicted octanol–water partition coefficient (Wildman–Crippen LogP) is 2.54. The zero-order valence-corrected chi connectivity index (χ0v) is 12.0. The molecular weight excluding hydrogens is 232 g/mol. The van der Waals surface area contributed by atoms with Gasteiger partial charge in [-0.1, -0.05) is 27.7 Å². The van der Waals surface area contributed by atoms with Crippen molar-refractivity contribution < 1.29 is 19.1 Å². The molecule has 0 aliphatic heterocycles. The number of ketones is 2. The largest absolute Gasteiger partial charge is 0.468 e. The molecule has 4 heteroatoms. The maximum Gasteiger partial charge on any atom is 0.316 e. The number of hydrogen-bond donors (Lipinski definition) is 0. The van der Waals surface area contributed by atoms with Gasteiger partial charge in [0.25, 0.3) is 0 Å². The maximum atomic E-state index is 11.8. The van der Waals surface area contributed by atoms with Crippen LogP contribution in [0, 0.1) is 11.3 Å². The summed E-state index contributed by atoms with van der Waals surface area (Å²) < 4.78 is 4.60. The Labute approximate surface area is 109 Å². The van der Waals surface area contributed by atoms with Gasteiger partial charge in [-0.2, -0.15) is 0 Å². The van der Waals surface area contributed by atoms with Crippen molar-refractivity contribution in [3.05, 3.63) is 0 Å². The SMILES string of the molecule is CCCC(=O)C(CC(=O)CC(C)(C)C)C(=O)OC. The van der Waals surface area contributed by atoms with Crippen LogP contribution in [-0.2, 0) is 19.1 Å². The molecule has 0 aromatic heterocycles. The molecule has 0 aromatic rings. The Morgan fingerprint density at radius 1 is 1.17 bits per heavy atom. The first kappa shape index (κ1) is 16.8. The zero-order chi connectivity index (χ0) is 14.3. The Kier molecular flexibility index (Phi) is 6.81. The lowest BCUT2D eigenvalue weighted by Gasteiger charge is -2.18. The minimum atomic E-state index is -0.926. The molecule has 18 heavy (non-hydrogen) atoms. The van der Waals surface area contributed by atoms with E-state index in [9.17, 15) is 14.4 Å². The summed E-state index contributed by atoms with van der Waals surface area (Å²) in [4.78, 5) is 35.2. The van der Waals surface area contributed by atoms with Crippen LogP contribution in [0.15, 0.2) is 0 Å². The summed E-state index contributed by atoms with van der Waals surface area (Å²) in [6, 6.07) is 0. The van der Waals surface area contributed by atoms with E-state index in [-0.39, 0.29) is 23.4 Å². The van der Waals surface area contributed by atoms with Crippen LogP contribution in [0.2, 0.25) is 0 Å². The second kappa shape index (κ2) is 7.29. The molecule has 0 aromatic carbocycles. The normalized spacial score (nSPS) is 12.9. The van der Waals surface area contributed by atoms with Crippen LogP contribution in [0.25, 0.3) is 0 Å². The van der Waals surface area contributed by atoms with Crippen LogP contribution in [0.3, 0.4) is 0 Å². The number of ether oxygens (including phenoxy) is 1. The minimum absolute atomic E-state index is 0.0389. The molecule has 0 spiro atoms. The van der Waals surface area contributed by atoms with Gasteiger partial charge in [0.05, 0.1) is 7.11 Å². The molecule has 0 heterocycles. The zero-order valence-electron chi connectivity index (χ0n) is 12.0. The van der Waals surface area contributed by atoms with E-state index >= 15 is 0 Å². The second-order valence-electron chi connectivity index (χ2n) is 5.77. The van der Waals surface area contributed by atoms with Gasteiger partial charge in [0.1, 0.15) is 17.5 Å². The first-order valence-electron chi connectivity index (χ1n) is 6.33. The highest BCUT2D eigenvalue weighted by Gasteiger charge is 2.30. The molecule has 0 bridgehead atoms. The maximum absolute atomic E-state index is 11.8. The monoisotopic (exact) mass is 256 g/mol. The molecule has 0 amide bonds. The lowest BCUT2D eigenvalue weighted by molar-refractivity contribution is -0.151. The average molecular weight is 256 g/mol. The molecule has 4 nitrogen and oxygen atoms in total. The highest BCUT2D eigenvalue weighted by Crippen LogP contribution is 2.22. The molecular formula is C14H24O4. The van der Waals surface area contributed by atoms with E-state index in [0.29, 0.717) is 19.3 Å². The summed E-state index contributed by atoms with van der Waals surface area (Å²) in [5.74, 6) is -1.80. The molecule has 0 N–H and O–H groups in total. The van der Waals surface area contributed by atoms with Gasteiger partial charge < -0.3 is 4.74 Å². The molecule has 0 rings (SSSR count). The number of hydrogen-bond acceptors (Lipinski definition) is 4. The molecule has 0 fully saturated rings. The fourth-order valence-electron chi connectivity index (χ4n) is 1.78. The number of methoxy groups -OCH3 is 1. The number of carbonyl (C=O) groups is 3. The van der Waals surface area contributed by atoms with Gasteiger partial charge in [-0.3, -0.25) is 14.4 Å². The van der Waals surface area contributed by atoms with E-state index in [0.717, 1.165) is 0 Å². The molecule has 104 valence electrons. The Morgan fingerprint density at radius 2 is 1.72 bits per heavy atom. The smallest absolute Gasteiger partial charge is 0.316 e. The first-order chi connectivity index (χ1) is 8.21. The van der Waals surface area contributed by atoms with Crippen molar-refractivity contribution in [3.8, 4) is 0 Å². The van der Waals surface area contributed by atoms with Crippen molar-refractivity contribution in [2.75, 3.05) is 7.11 Å². The average Bonchev–Trinajstić information content (AvgIpc) is 2.22. The fraction of sp³-hybridized carbons (Fsp3) is 0.786. The Morgan fingerprint density at radius 3 is 2.11 bits per heavy atom. The first-order valence-corrected chi connectivity index (χ1v) is 6.33. The van der Waals surface area contributed by atoms with Crippen LogP contribution in [-0.4, -0.2) is 24.6 Å². The van der Waals surface area contributed by atoms with Crippen LogP contribution < -0.4 is 0 Å². The minimum Gasteiger partial charge on any atom is -0.468 e. The number of Topliss-reactive ketones (excluding diaryl/α,β-unsaturated/α-hetero) is 2. The highest BCUT2D eigenvalue weighted by molar-refractivity contribution is 6.02. The van der Waals surface area contributed by atoms with Crippen LogP contribution in [0.5, 0.6) is 0 Å². The predicted molar refractivity (Wildman–Crippen MR) is 69.1 cm³/mol. The highest BCUT2D eigenvalue weighted by atomic mass is 16.5. The van der Waals surface area contributed by atoms with E-state index in [1.165, 1.54) is 7.11 Å². The lowest BCUT2D eigenvalue weighted by Crippen LogP contribution is -2.29. The van der Waals surface area contributed by atoms with E-state index in [1.807, 2.05) is 27.7 Å². The van der Waals surface area contributed by atoms with Gasteiger partial charge in [0.15, 0.2) is 0 Å². The van der Waals surface area contributed by atoms with Crippen molar-refractivity contribution in [1.82, 2.24) is 0 Å². The van der Waals surface area contributed by atoms with Gasteiger partial charge in [-0.15, -0.1) is 0 Å². The number of carbonyl (C=O) groups excluding carboxylic acids is 3. The summed E-state index contributed by atoms with van der Waals surface area (Å²) in [5.41, 5.74) is -0.133. The number of rotatable bonds is 7. The van der Waals surface area contributed by atoms with E-state index in [4.69, 9.17) is 0 Å². The van der Waals surface area contributed by atoms with Gasteiger partial charge in [-0.05, 0) is 11.8 Å². The van der Waals surface area contributed by atoms with Crippen molar-refractivity contribution >= 4 is 17.5 Å². The van der Waals surface area contributed by atoms with Crippen LogP contribution >= 0.6 is 0 Å². The molecule has 0 aliphatic carbocycles. The Hall–Kier alpha value is -1.19. The molecule has 1 unspecified atom stereocenters. The van der Waals surface area contributed by atoms with Gasteiger partial charge in [-0.25, -0.2) is 0 Å². The quantitative estimate of drug-likeness (QED) is 0.519. The Bertz CT molecular complexity index is 312. The van der Waals surface area contributed by atoms with E-state index in [2.05, 4.69) is 4.74 Å². The third-order valence-corrected chi connectivity index (χ3v) is 2.53. The summed E-state index contributed by atoms with van der Waals surface area (Å²) in [6.45, 7) is 7.72. The van der Waals surface area contributed by atoms with E-state index < -0.39 is 11.9 Å². The molecule has 0 aliphatic rings. The topological polar surface area (TPSA) is 60.4 Å². The summed E-state index contributed by atoms with van der Waals surface area (Å²) in [5, 5.41) is 0. The van der Waals surface area contributed by atoms with Gasteiger partial charge in [0.2, 0.25) is 0 Å². The van der Waals surface area contributed by atoms with Crippen LogP contribution in [0.4, 0.5) is 0 Å². The third-order valence-electron chi connectivity index (χ3n) is 2.53. The van der Waals surface area contributed by atoms with Crippen molar-refractivity contribution in [2.24, 2.45) is 11.3 Å². The number of esters is 1. The van der Waals surface area contributed by atoms with Gasteiger partial charge in [0, 0.05) is 19.3 Å². The molecule has 0 saturated carbocycles. The van der Waals surface area contributed by atoms with Gasteiger partial charge >= 0.3 is 5.97 Å². The standard InChI is InChI=1S/C14H24O4/c1-6-7-12(16)11(13(17)18-5)8-10(15)9-14(2,3)4/h11H,6-9H2,1-5H3. The Balaban J connectivity index is 4.65. The lowest BCUT2D eigenvalue weighted by atomic mass is 9.85. The second-order valence-corrected chi connectivity index (χ2v) is 5.77. The van der Waals surface area contributed by atoms with Crippen LogP contribution in [0.1, 0.15) is 53.4 Å². The summed E-state index contributed by atoms with van der Waals surface area (Å²) >= 11 is 0. The van der Waals surface area contributed by atoms with Crippen molar-refractivity contribution in [3.63, 3.8) is 0 Å². The van der Waals surface area contributed by atoms with Crippen molar-refractivity contribution in [2.45, 2.75) is 53.4 Å². The third kappa shape index (κ3) is 6.52.